The predicted octanol–water partition coefficient (Wildman–Crippen LogP) is 3.41. The number of Topliss-reactive ketones (excluding diaryl/α,β-unsaturated/α-hetero) is 1. The minimum atomic E-state index is -0.280. The highest BCUT2D eigenvalue weighted by atomic mass is 19.1. The molecule has 1 unspecified atom stereocenters. The van der Waals surface area contributed by atoms with Gasteiger partial charge in [-0.1, -0.05) is 6.92 Å². The first-order valence-electron chi connectivity index (χ1n) is 6.20. The van der Waals surface area contributed by atoms with Gasteiger partial charge >= 0.3 is 0 Å². The van der Waals surface area contributed by atoms with Gasteiger partial charge in [-0.3, -0.25) is 4.79 Å². The quantitative estimate of drug-likeness (QED) is 0.748. The predicted molar refractivity (Wildman–Crippen MR) is 67.1 cm³/mol. The van der Waals surface area contributed by atoms with Gasteiger partial charge in [0.2, 0.25) is 0 Å². The maximum absolute atomic E-state index is 14.0. The third kappa shape index (κ3) is 2.33. The van der Waals surface area contributed by atoms with Gasteiger partial charge < -0.3 is 4.90 Å². The molecular formula is C14H18FNO. The minimum Gasteiger partial charge on any atom is -0.366 e. The van der Waals surface area contributed by atoms with Crippen LogP contribution in [0.5, 0.6) is 0 Å². The summed E-state index contributed by atoms with van der Waals surface area (Å²) in [5.41, 5.74) is 1.08. The second kappa shape index (κ2) is 4.86. The van der Waals surface area contributed by atoms with Crippen LogP contribution in [0.25, 0.3) is 0 Å². The molecule has 2 rings (SSSR count). The van der Waals surface area contributed by atoms with E-state index in [1.807, 2.05) is 0 Å². The number of halogens is 1. The van der Waals surface area contributed by atoms with E-state index in [0.717, 1.165) is 25.8 Å². The molecule has 0 amide bonds. The van der Waals surface area contributed by atoms with Crippen molar-refractivity contribution in [2.24, 2.45) is 0 Å². The number of anilines is 1. The molecule has 0 N–H and O–H groups in total. The van der Waals surface area contributed by atoms with E-state index in [1.165, 1.54) is 13.0 Å². The van der Waals surface area contributed by atoms with Gasteiger partial charge in [0.25, 0.3) is 0 Å². The Labute approximate surface area is 101 Å². The number of ketones is 1. The van der Waals surface area contributed by atoms with Crippen molar-refractivity contribution < 1.29 is 9.18 Å². The van der Waals surface area contributed by atoms with E-state index in [9.17, 15) is 9.18 Å². The zero-order chi connectivity index (χ0) is 12.4. The summed E-state index contributed by atoms with van der Waals surface area (Å²) in [6.45, 7) is 4.50. The molecule has 1 aliphatic heterocycles. The summed E-state index contributed by atoms with van der Waals surface area (Å²) in [6.07, 6.45) is 3.28. The van der Waals surface area contributed by atoms with E-state index in [1.54, 1.807) is 12.1 Å². The van der Waals surface area contributed by atoms with Gasteiger partial charge in [0.1, 0.15) is 5.82 Å². The van der Waals surface area contributed by atoms with Gasteiger partial charge in [-0.25, -0.2) is 4.39 Å². The van der Waals surface area contributed by atoms with Crippen LogP contribution in [-0.2, 0) is 0 Å². The van der Waals surface area contributed by atoms with Crippen LogP contribution in [0, 0.1) is 5.82 Å². The lowest BCUT2D eigenvalue weighted by molar-refractivity contribution is 0.101. The van der Waals surface area contributed by atoms with Crippen molar-refractivity contribution in [2.75, 3.05) is 11.4 Å². The maximum atomic E-state index is 14.0. The minimum absolute atomic E-state index is 0.0936. The van der Waals surface area contributed by atoms with Crippen LogP contribution in [0.3, 0.4) is 0 Å². The second-order valence-corrected chi connectivity index (χ2v) is 4.62. The van der Waals surface area contributed by atoms with Crippen molar-refractivity contribution in [1.82, 2.24) is 0 Å². The molecule has 0 radical (unpaired) electrons. The Balaban J connectivity index is 2.30. The molecule has 0 aromatic heterocycles. The molecule has 3 heteroatoms. The average molecular weight is 235 g/mol. The smallest absolute Gasteiger partial charge is 0.159 e. The Bertz CT molecular complexity index is 430. The summed E-state index contributed by atoms with van der Waals surface area (Å²) in [5, 5.41) is 0. The van der Waals surface area contributed by atoms with E-state index >= 15 is 0 Å². The summed E-state index contributed by atoms with van der Waals surface area (Å²) in [6, 6.07) is 5.24. The van der Waals surface area contributed by atoms with Gasteiger partial charge in [0.05, 0.1) is 5.69 Å². The lowest BCUT2D eigenvalue weighted by Crippen LogP contribution is -2.29. The first-order valence-corrected chi connectivity index (χ1v) is 6.20. The number of hydrogen-bond donors (Lipinski definition) is 0. The molecule has 17 heavy (non-hydrogen) atoms. The highest BCUT2D eigenvalue weighted by Crippen LogP contribution is 2.29. The van der Waals surface area contributed by atoms with E-state index in [4.69, 9.17) is 0 Å². The largest absolute Gasteiger partial charge is 0.366 e. The molecule has 0 saturated carbocycles. The van der Waals surface area contributed by atoms with Crippen LogP contribution in [-0.4, -0.2) is 18.4 Å². The fourth-order valence-corrected chi connectivity index (χ4v) is 2.54. The number of rotatable bonds is 3. The Morgan fingerprint density at radius 3 is 2.88 bits per heavy atom. The zero-order valence-corrected chi connectivity index (χ0v) is 10.4. The van der Waals surface area contributed by atoms with Crippen molar-refractivity contribution in [2.45, 2.75) is 39.2 Å². The van der Waals surface area contributed by atoms with E-state index in [0.29, 0.717) is 17.3 Å². The molecule has 0 aliphatic carbocycles. The third-order valence-corrected chi connectivity index (χ3v) is 3.51. The number of carbonyl (C=O) groups is 1. The Morgan fingerprint density at radius 2 is 2.29 bits per heavy atom. The average Bonchev–Trinajstić information content (AvgIpc) is 2.76. The molecule has 1 aromatic carbocycles. The van der Waals surface area contributed by atoms with Gasteiger partial charge in [-0.05, 0) is 44.4 Å². The Kier molecular flexibility index (Phi) is 3.46. The summed E-state index contributed by atoms with van der Waals surface area (Å²) < 4.78 is 14.0. The molecule has 0 bridgehead atoms. The van der Waals surface area contributed by atoms with E-state index < -0.39 is 0 Å². The molecule has 1 aliphatic rings. The van der Waals surface area contributed by atoms with Gasteiger partial charge in [0.15, 0.2) is 5.78 Å². The summed E-state index contributed by atoms with van der Waals surface area (Å²) in [4.78, 5) is 13.3. The van der Waals surface area contributed by atoms with Crippen molar-refractivity contribution in [3.05, 3.63) is 29.6 Å². The second-order valence-electron chi connectivity index (χ2n) is 4.62. The highest BCUT2D eigenvalue weighted by molar-refractivity contribution is 5.94. The van der Waals surface area contributed by atoms with Gasteiger partial charge in [-0.2, -0.15) is 0 Å². The van der Waals surface area contributed by atoms with Crippen LogP contribution in [0.2, 0.25) is 0 Å². The molecule has 1 saturated heterocycles. The monoisotopic (exact) mass is 235 g/mol. The SMILES string of the molecule is CCC1CCCN1c1ccc(C(C)=O)cc1F. The number of benzene rings is 1. The summed E-state index contributed by atoms with van der Waals surface area (Å²) in [7, 11) is 0. The molecule has 1 aromatic rings. The summed E-state index contributed by atoms with van der Waals surface area (Å²) in [5.74, 6) is -0.373. The molecule has 1 fully saturated rings. The van der Waals surface area contributed by atoms with Crippen LogP contribution >= 0.6 is 0 Å². The fraction of sp³-hybridized carbons (Fsp3) is 0.500. The first-order chi connectivity index (χ1) is 8.13. The summed E-state index contributed by atoms with van der Waals surface area (Å²) >= 11 is 0. The topological polar surface area (TPSA) is 20.3 Å². The fourth-order valence-electron chi connectivity index (χ4n) is 2.54. The van der Waals surface area contributed by atoms with Crippen molar-refractivity contribution in [3.63, 3.8) is 0 Å². The number of nitrogens with zero attached hydrogens (tertiary/aromatic N) is 1. The van der Waals surface area contributed by atoms with Crippen LogP contribution in [0.4, 0.5) is 10.1 Å². The normalized spacial score (nSPS) is 19.7. The van der Waals surface area contributed by atoms with Crippen LogP contribution < -0.4 is 4.90 Å². The van der Waals surface area contributed by atoms with E-state index in [-0.39, 0.29) is 11.6 Å². The molecule has 1 atom stereocenters. The number of hydrogen-bond acceptors (Lipinski definition) is 2. The number of carbonyl (C=O) groups excluding carboxylic acids is 1. The van der Waals surface area contributed by atoms with E-state index in [2.05, 4.69) is 11.8 Å². The zero-order valence-electron chi connectivity index (χ0n) is 10.4. The molecule has 0 spiro atoms. The Hall–Kier alpha value is -1.38. The van der Waals surface area contributed by atoms with Crippen molar-refractivity contribution in [3.8, 4) is 0 Å². The van der Waals surface area contributed by atoms with Crippen LogP contribution in [0.15, 0.2) is 18.2 Å². The Morgan fingerprint density at radius 1 is 1.53 bits per heavy atom. The molecular weight excluding hydrogens is 217 g/mol. The standard InChI is InChI=1S/C14H18FNO/c1-3-12-5-4-8-16(12)14-7-6-11(10(2)17)9-13(14)15/h6-7,9,12H,3-5,8H2,1-2H3. The van der Waals surface area contributed by atoms with Crippen LogP contribution in [0.1, 0.15) is 43.5 Å². The van der Waals surface area contributed by atoms with Crippen molar-refractivity contribution >= 4 is 11.5 Å². The lowest BCUT2D eigenvalue weighted by atomic mass is 10.1. The lowest BCUT2D eigenvalue weighted by Gasteiger charge is -2.26. The molecule has 1 heterocycles. The maximum Gasteiger partial charge on any atom is 0.159 e. The third-order valence-electron chi connectivity index (χ3n) is 3.51. The molecule has 2 nitrogen and oxygen atoms in total. The van der Waals surface area contributed by atoms with Gasteiger partial charge in [-0.15, -0.1) is 0 Å². The highest BCUT2D eigenvalue weighted by Gasteiger charge is 2.25. The first kappa shape index (κ1) is 12.1. The van der Waals surface area contributed by atoms with Gasteiger partial charge in [0, 0.05) is 18.2 Å². The van der Waals surface area contributed by atoms with Crippen molar-refractivity contribution in [1.29, 1.82) is 0 Å². The molecule has 92 valence electrons.